The average Bonchev–Trinajstić information content (AvgIpc) is 3.12. The molecule has 3 rings (SSSR count). The van der Waals surface area contributed by atoms with E-state index in [9.17, 15) is 13.6 Å². The smallest absolute Gasteiger partial charge is 0.257 e. The van der Waals surface area contributed by atoms with Crippen LogP contribution in [0.2, 0.25) is 0 Å². The fourth-order valence-electron chi connectivity index (χ4n) is 2.23. The van der Waals surface area contributed by atoms with Gasteiger partial charge in [0, 0.05) is 18.3 Å². The maximum atomic E-state index is 14.0. The highest BCUT2D eigenvalue weighted by Crippen LogP contribution is 2.22. The molecule has 0 bridgehead atoms. The van der Waals surface area contributed by atoms with Crippen molar-refractivity contribution in [3.63, 3.8) is 0 Å². The van der Waals surface area contributed by atoms with Gasteiger partial charge < -0.3 is 14.6 Å². The molecule has 134 valence electrons. The summed E-state index contributed by atoms with van der Waals surface area (Å²) in [7, 11) is 1.27. The zero-order valence-electron chi connectivity index (χ0n) is 13.9. The Morgan fingerprint density at radius 1 is 1.27 bits per heavy atom. The molecule has 0 unspecified atom stereocenters. The second-order valence-electron chi connectivity index (χ2n) is 5.33. The SMILES string of the molecule is COc1cc(F)c(C(=O)N[C@H](C)c2nc(-c3ccccn3)no2)c(F)c1. The number of methoxy groups -OCH3 is 1. The Hall–Kier alpha value is -3.36. The number of carbonyl (C=O) groups excluding carboxylic acids is 1. The molecule has 0 fully saturated rings. The monoisotopic (exact) mass is 360 g/mol. The Bertz CT molecular complexity index is 908. The van der Waals surface area contributed by atoms with Gasteiger partial charge in [-0.05, 0) is 19.1 Å². The molecule has 1 atom stereocenters. The van der Waals surface area contributed by atoms with Crippen molar-refractivity contribution >= 4 is 5.91 Å². The Balaban J connectivity index is 1.77. The molecule has 0 saturated heterocycles. The van der Waals surface area contributed by atoms with Gasteiger partial charge >= 0.3 is 0 Å². The predicted octanol–water partition coefficient (Wildman–Crippen LogP) is 2.91. The third-order valence-electron chi connectivity index (χ3n) is 3.53. The number of rotatable bonds is 5. The van der Waals surface area contributed by atoms with Crippen molar-refractivity contribution in [1.29, 1.82) is 0 Å². The van der Waals surface area contributed by atoms with Crippen LogP contribution in [0.25, 0.3) is 11.5 Å². The first-order chi connectivity index (χ1) is 12.5. The van der Waals surface area contributed by atoms with Gasteiger partial charge in [-0.1, -0.05) is 11.2 Å². The number of nitrogens with one attached hydrogen (secondary N) is 1. The predicted molar refractivity (Wildman–Crippen MR) is 86.3 cm³/mol. The molecule has 2 aromatic heterocycles. The van der Waals surface area contributed by atoms with E-state index in [4.69, 9.17) is 9.26 Å². The van der Waals surface area contributed by atoms with Crippen LogP contribution >= 0.6 is 0 Å². The van der Waals surface area contributed by atoms with Crippen molar-refractivity contribution < 1.29 is 22.8 Å². The molecule has 1 N–H and O–H groups in total. The molecule has 0 spiro atoms. The summed E-state index contributed by atoms with van der Waals surface area (Å²) < 4.78 is 37.8. The first-order valence-corrected chi connectivity index (χ1v) is 7.58. The molecule has 1 aromatic carbocycles. The lowest BCUT2D eigenvalue weighted by molar-refractivity contribution is 0.0924. The van der Waals surface area contributed by atoms with E-state index >= 15 is 0 Å². The minimum atomic E-state index is -1.04. The van der Waals surface area contributed by atoms with Crippen molar-refractivity contribution in [2.45, 2.75) is 13.0 Å². The van der Waals surface area contributed by atoms with Crippen LogP contribution in [-0.4, -0.2) is 28.1 Å². The van der Waals surface area contributed by atoms with Crippen molar-refractivity contribution in [1.82, 2.24) is 20.4 Å². The Morgan fingerprint density at radius 3 is 2.62 bits per heavy atom. The van der Waals surface area contributed by atoms with Crippen LogP contribution in [0.3, 0.4) is 0 Å². The van der Waals surface area contributed by atoms with E-state index in [0.29, 0.717) is 5.69 Å². The van der Waals surface area contributed by atoms with Crippen LogP contribution in [-0.2, 0) is 0 Å². The molecule has 0 radical (unpaired) electrons. The summed E-state index contributed by atoms with van der Waals surface area (Å²) in [6.45, 7) is 1.55. The molecule has 26 heavy (non-hydrogen) atoms. The molecule has 2 heterocycles. The number of halogens is 2. The number of hydrogen-bond acceptors (Lipinski definition) is 6. The molecule has 0 saturated carbocycles. The van der Waals surface area contributed by atoms with Crippen molar-refractivity contribution in [2.24, 2.45) is 0 Å². The Labute approximate surface area is 147 Å². The van der Waals surface area contributed by atoms with E-state index in [-0.39, 0.29) is 17.5 Å². The van der Waals surface area contributed by atoms with Gasteiger partial charge in [0.1, 0.15) is 34.7 Å². The second-order valence-corrected chi connectivity index (χ2v) is 5.33. The number of nitrogens with zero attached hydrogens (tertiary/aromatic N) is 3. The van der Waals surface area contributed by atoms with E-state index in [1.165, 1.54) is 7.11 Å². The topological polar surface area (TPSA) is 90.1 Å². The van der Waals surface area contributed by atoms with E-state index in [1.54, 1.807) is 31.3 Å². The minimum Gasteiger partial charge on any atom is -0.497 e. The standard InChI is InChI=1S/C17H14F2N4O3/c1-9(17-22-15(23-26-17)13-5-3-4-6-20-13)21-16(24)14-11(18)7-10(25-2)8-12(14)19/h3-9H,1-2H3,(H,21,24)/t9-/m1/s1. The zero-order valence-corrected chi connectivity index (χ0v) is 13.9. The number of aromatic nitrogens is 3. The van der Waals surface area contributed by atoms with Crippen LogP contribution in [0.1, 0.15) is 29.2 Å². The van der Waals surface area contributed by atoms with Gasteiger partial charge in [0.15, 0.2) is 0 Å². The number of carbonyl (C=O) groups is 1. The molecule has 0 aliphatic carbocycles. The van der Waals surface area contributed by atoms with Gasteiger partial charge in [-0.25, -0.2) is 8.78 Å². The normalized spacial score (nSPS) is 11.8. The molecule has 7 nitrogen and oxygen atoms in total. The largest absolute Gasteiger partial charge is 0.497 e. The van der Waals surface area contributed by atoms with Crippen LogP contribution in [0.5, 0.6) is 5.75 Å². The molecular weight excluding hydrogens is 346 g/mol. The number of ether oxygens (including phenoxy) is 1. The average molecular weight is 360 g/mol. The fraction of sp³-hybridized carbons (Fsp3) is 0.176. The lowest BCUT2D eigenvalue weighted by atomic mass is 10.1. The van der Waals surface area contributed by atoms with E-state index in [1.807, 2.05) is 0 Å². The van der Waals surface area contributed by atoms with E-state index in [2.05, 4.69) is 20.4 Å². The summed E-state index contributed by atoms with van der Waals surface area (Å²) in [4.78, 5) is 20.4. The molecule has 9 heteroatoms. The van der Waals surface area contributed by atoms with Gasteiger partial charge in [-0.2, -0.15) is 4.98 Å². The number of amides is 1. The first-order valence-electron chi connectivity index (χ1n) is 7.58. The van der Waals surface area contributed by atoms with Gasteiger partial charge in [0.2, 0.25) is 11.7 Å². The number of hydrogen-bond donors (Lipinski definition) is 1. The highest BCUT2D eigenvalue weighted by Gasteiger charge is 2.23. The lowest BCUT2D eigenvalue weighted by Gasteiger charge is -2.11. The third-order valence-corrected chi connectivity index (χ3v) is 3.53. The second kappa shape index (κ2) is 7.26. The molecule has 0 aliphatic heterocycles. The summed E-state index contributed by atoms with van der Waals surface area (Å²) in [6, 6.07) is 6.28. The Kier molecular flexibility index (Phi) is 4.87. The summed E-state index contributed by atoms with van der Waals surface area (Å²) >= 11 is 0. The van der Waals surface area contributed by atoms with Crippen molar-refractivity contribution in [3.05, 3.63) is 59.6 Å². The van der Waals surface area contributed by atoms with Crippen molar-refractivity contribution in [3.8, 4) is 17.3 Å². The van der Waals surface area contributed by atoms with Crippen LogP contribution in [0, 0.1) is 11.6 Å². The number of pyridine rings is 1. The first kappa shape index (κ1) is 17.5. The summed E-state index contributed by atoms with van der Waals surface area (Å²) in [5.41, 5.74) is -0.226. The molecule has 1 amide bonds. The van der Waals surface area contributed by atoms with Gasteiger partial charge in [-0.15, -0.1) is 0 Å². The zero-order chi connectivity index (χ0) is 18.7. The van der Waals surface area contributed by atoms with Crippen LogP contribution in [0.15, 0.2) is 41.1 Å². The lowest BCUT2D eigenvalue weighted by Crippen LogP contribution is -2.28. The van der Waals surface area contributed by atoms with Crippen molar-refractivity contribution in [2.75, 3.05) is 7.11 Å². The summed E-state index contributed by atoms with van der Waals surface area (Å²) in [5, 5.41) is 6.20. The van der Waals surface area contributed by atoms with Gasteiger partial charge in [0.25, 0.3) is 5.91 Å². The summed E-state index contributed by atoms with van der Waals surface area (Å²) in [5.74, 6) is -2.73. The van der Waals surface area contributed by atoms with Gasteiger partial charge in [-0.3, -0.25) is 9.78 Å². The summed E-state index contributed by atoms with van der Waals surface area (Å²) in [6.07, 6.45) is 1.58. The quantitative estimate of drug-likeness (QED) is 0.752. The highest BCUT2D eigenvalue weighted by molar-refractivity contribution is 5.95. The van der Waals surface area contributed by atoms with Crippen LogP contribution < -0.4 is 10.1 Å². The number of benzene rings is 1. The maximum absolute atomic E-state index is 14.0. The van der Waals surface area contributed by atoms with Gasteiger partial charge in [0.05, 0.1) is 7.11 Å². The van der Waals surface area contributed by atoms with E-state index in [0.717, 1.165) is 12.1 Å². The maximum Gasteiger partial charge on any atom is 0.257 e. The molecule has 0 aliphatic rings. The highest BCUT2D eigenvalue weighted by atomic mass is 19.1. The fourth-order valence-corrected chi connectivity index (χ4v) is 2.23. The third kappa shape index (κ3) is 3.51. The minimum absolute atomic E-state index is 0.0264. The van der Waals surface area contributed by atoms with E-state index < -0.39 is 29.1 Å². The molecule has 3 aromatic rings. The van der Waals surface area contributed by atoms with Crippen LogP contribution in [0.4, 0.5) is 8.78 Å². The molecular formula is C17H14F2N4O3. The Morgan fingerprint density at radius 2 is 2.00 bits per heavy atom.